The molecule has 2 aliphatic rings. The van der Waals surface area contributed by atoms with Crippen molar-refractivity contribution in [2.24, 2.45) is 0 Å². The van der Waals surface area contributed by atoms with Crippen LogP contribution in [-0.2, 0) is 34.0 Å². The Morgan fingerprint density at radius 1 is 1.14 bits per heavy atom. The molecule has 0 spiro atoms. The number of nitrogens with one attached hydrogen (secondary N) is 1. The molecular weight excluding hydrogens is 561 g/mol. The summed E-state index contributed by atoms with van der Waals surface area (Å²) in [6.07, 6.45) is 0.583. The van der Waals surface area contributed by atoms with Gasteiger partial charge in [-0.3, -0.25) is 14.5 Å². The van der Waals surface area contributed by atoms with Crippen LogP contribution in [0, 0.1) is 5.82 Å². The van der Waals surface area contributed by atoms with Crippen LogP contribution in [0.1, 0.15) is 54.7 Å². The summed E-state index contributed by atoms with van der Waals surface area (Å²) in [4.78, 5) is 42.7. The van der Waals surface area contributed by atoms with E-state index >= 15 is 0 Å². The first kappa shape index (κ1) is 33.8. The number of ether oxygens (including phenoxy) is 2. The zero-order chi connectivity index (χ0) is 32.9. The molecule has 0 saturated carbocycles. The molecule has 0 aliphatic carbocycles. The van der Waals surface area contributed by atoms with Gasteiger partial charge in [0, 0.05) is 43.4 Å². The molecule has 14 heteroatoms. The Labute approximate surface area is 262 Å². The van der Waals surface area contributed by atoms with E-state index in [0.717, 1.165) is 18.7 Å². The molecule has 2 aromatic carbocycles. The first-order valence-corrected chi connectivity index (χ1v) is 15.0. The highest BCUT2D eigenvalue weighted by molar-refractivity contribution is 6.54. The monoisotopic (exact) mass is 603 g/mol. The first-order chi connectivity index (χ1) is 20.3. The molecule has 1 fully saturated rings. The number of carbonyl (C=O) groups excluding carboxylic acids is 3. The van der Waals surface area contributed by atoms with Crippen molar-refractivity contribution >= 4 is 49.5 Å². The van der Waals surface area contributed by atoms with Gasteiger partial charge in [0.2, 0.25) is 5.91 Å². The number of carbonyl (C=O) groups is 3. The highest BCUT2D eigenvalue weighted by atomic mass is 19.1. The lowest BCUT2D eigenvalue weighted by molar-refractivity contribution is -0.182. The Morgan fingerprint density at radius 3 is 2.36 bits per heavy atom. The number of morpholine rings is 1. The molecule has 0 radical (unpaired) electrons. The minimum Gasteiger partial charge on any atom is -0.488 e. The Bertz CT molecular complexity index is 1450. The number of hydrogen-bond acceptors (Lipinski definition) is 7. The van der Waals surface area contributed by atoms with Crippen molar-refractivity contribution in [3.05, 3.63) is 64.5 Å². The van der Waals surface area contributed by atoms with E-state index < -0.39 is 33.8 Å². The molecule has 2 aromatic rings. The average molecular weight is 603 g/mol. The third kappa shape index (κ3) is 6.08. The standard InChI is InChI=1S/C30H42B4FN3O6/c1-26(2)15-37(16-27(3,4)44-26)12-18-9-10-22(35)19(11-18)14-43-23-8-6-7-20-21(23)13-38(24(20)40)29(33,25(41)36-5)30(34,42)28(31,32)17-39/h6-11,17,42H,12-16,31-34H2,1-5H3,(H,36,41). The predicted octanol–water partition coefficient (Wildman–Crippen LogP) is -1.27. The molecule has 2 N–H and O–H groups in total. The van der Waals surface area contributed by atoms with Crippen molar-refractivity contribution in [1.82, 2.24) is 15.1 Å². The van der Waals surface area contributed by atoms with Crippen molar-refractivity contribution in [3.8, 4) is 5.75 Å². The number of aliphatic hydroxyl groups is 1. The molecular formula is C30H42B4FN3O6. The summed E-state index contributed by atoms with van der Waals surface area (Å²) in [7, 11) is 7.30. The van der Waals surface area contributed by atoms with Crippen LogP contribution < -0.4 is 10.1 Å². The second-order valence-electron chi connectivity index (χ2n) is 14.2. The van der Waals surface area contributed by atoms with Gasteiger partial charge in [-0.25, -0.2) is 4.39 Å². The lowest BCUT2D eigenvalue weighted by Gasteiger charge is -2.53. The van der Waals surface area contributed by atoms with E-state index in [1.165, 1.54) is 49.4 Å². The number of aldehydes is 1. The van der Waals surface area contributed by atoms with Crippen LogP contribution in [0.5, 0.6) is 5.75 Å². The second kappa shape index (κ2) is 11.7. The highest BCUT2D eigenvalue weighted by Gasteiger charge is 2.61. The number of benzene rings is 2. The summed E-state index contributed by atoms with van der Waals surface area (Å²) >= 11 is 0. The van der Waals surface area contributed by atoms with Gasteiger partial charge in [0.05, 0.1) is 23.2 Å². The maximum Gasteiger partial charge on any atom is 0.255 e. The number of rotatable bonds is 10. The molecule has 2 aliphatic heterocycles. The van der Waals surface area contributed by atoms with Gasteiger partial charge in [-0.05, 0) is 62.7 Å². The SMILES string of the molecule is BC(B)(C=O)C(B)(O)C(B)(C(=O)NC)N1Cc2c(OCc3cc(CN4CC(C)(C)OC(C)(C)C4)ccc3F)cccc2C1=O. The van der Waals surface area contributed by atoms with E-state index in [2.05, 4.69) is 37.9 Å². The molecule has 2 atom stereocenters. The molecule has 2 amide bonds. The molecule has 2 unspecified atom stereocenters. The van der Waals surface area contributed by atoms with Crippen molar-refractivity contribution in [2.45, 2.75) is 74.7 Å². The molecule has 1 saturated heterocycles. The van der Waals surface area contributed by atoms with Gasteiger partial charge in [0.25, 0.3) is 5.91 Å². The normalized spacial score (nSPS) is 20.7. The number of fused-ring (bicyclic) bond motifs is 1. The van der Waals surface area contributed by atoms with Crippen molar-refractivity contribution in [1.29, 1.82) is 0 Å². The second-order valence-corrected chi connectivity index (χ2v) is 14.2. The third-order valence-electron chi connectivity index (χ3n) is 9.29. The minimum absolute atomic E-state index is 0.0511. The smallest absolute Gasteiger partial charge is 0.255 e. The van der Waals surface area contributed by atoms with Crippen molar-refractivity contribution < 1.29 is 33.4 Å². The number of halogens is 1. The van der Waals surface area contributed by atoms with Crippen molar-refractivity contribution in [3.63, 3.8) is 0 Å². The van der Waals surface area contributed by atoms with Crippen molar-refractivity contribution in [2.75, 3.05) is 20.1 Å². The van der Waals surface area contributed by atoms with E-state index in [4.69, 9.17) is 9.47 Å². The predicted molar refractivity (Wildman–Crippen MR) is 176 cm³/mol. The topological polar surface area (TPSA) is 108 Å². The summed E-state index contributed by atoms with van der Waals surface area (Å²) in [5.74, 6) is -1.13. The molecule has 0 aromatic heterocycles. The van der Waals surface area contributed by atoms with E-state index in [1.807, 2.05) is 0 Å². The molecule has 4 rings (SSSR count). The van der Waals surface area contributed by atoms with Gasteiger partial charge >= 0.3 is 0 Å². The van der Waals surface area contributed by atoms with Crippen LogP contribution in [0.3, 0.4) is 0 Å². The van der Waals surface area contributed by atoms with Gasteiger partial charge < -0.3 is 29.6 Å². The average Bonchev–Trinajstić information content (AvgIpc) is 3.27. The van der Waals surface area contributed by atoms with Crippen LogP contribution >= 0.6 is 0 Å². The number of likely N-dealkylation sites (N-methyl/N-ethyl adjacent to an activating group) is 1. The van der Waals surface area contributed by atoms with Gasteiger partial charge in [-0.1, -0.05) is 12.1 Å². The molecule has 44 heavy (non-hydrogen) atoms. The van der Waals surface area contributed by atoms with Crippen LogP contribution in [0.25, 0.3) is 0 Å². The van der Waals surface area contributed by atoms with Gasteiger partial charge in [0.1, 0.15) is 61.3 Å². The Kier molecular flexibility index (Phi) is 8.98. The van der Waals surface area contributed by atoms with Gasteiger partial charge in [-0.15, -0.1) is 0 Å². The lowest BCUT2D eigenvalue weighted by atomic mass is 9.34. The summed E-state index contributed by atoms with van der Waals surface area (Å²) < 4.78 is 27.3. The quantitative estimate of drug-likeness (QED) is 0.258. The summed E-state index contributed by atoms with van der Waals surface area (Å²) in [6, 6.07) is 10.00. The molecule has 2 heterocycles. The zero-order valence-electron chi connectivity index (χ0n) is 27.3. The molecule has 232 valence electrons. The van der Waals surface area contributed by atoms with E-state index in [9.17, 15) is 23.9 Å². The minimum atomic E-state index is -1.95. The number of amides is 2. The fourth-order valence-electron chi connectivity index (χ4n) is 6.70. The van der Waals surface area contributed by atoms with Gasteiger partial charge in [0.15, 0.2) is 0 Å². The van der Waals surface area contributed by atoms with E-state index in [-0.39, 0.29) is 24.4 Å². The maximum atomic E-state index is 15.0. The fraction of sp³-hybridized carbons (Fsp3) is 0.500. The van der Waals surface area contributed by atoms with E-state index in [0.29, 0.717) is 35.3 Å². The number of hydrogen-bond donors (Lipinski definition) is 2. The fourth-order valence-corrected chi connectivity index (χ4v) is 6.70. The summed E-state index contributed by atoms with van der Waals surface area (Å²) in [5, 5.41) is 12.9. The van der Waals surface area contributed by atoms with Crippen LogP contribution in [0.15, 0.2) is 36.4 Å². The highest BCUT2D eigenvalue weighted by Crippen LogP contribution is 2.43. The Balaban J connectivity index is 1.58. The summed E-state index contributed by atoms with van der Waals surface area (Å²) in [6.45, 7) is 10.2. The summed E-state index contributed by atoms with van der Waals surface area (Å²) in [5.41, 5.74) is -2.24. The Hall–Kier alpha value is -3.08. The van der Waals surface area contributed by atoms with Gasteiger partial charge in [-0.2, -0.15) is 0 Å². The molecule has 0 bridgehead atoms. The largest absolute Gasteiger partial charge is 0.488 e. The number of nitrogens with zero attached hydrogens (tertiary/aromatic N) is 2. The third-order valence-corrected chi connectivity index (χ3v) is 9.29. The van der Waals surface area contributed by atoms with Crippen LogP contribution in [-0.4, -0.2) is 107 Å². The maximum absolute atomic E-state index is 15.0. The van der Waals surface area contributed by atoms with E-state index in [1.54, 1.807) is 30.3 Å². The Morgan fingerprint density at radius 2 is 1.77 bits per heavy atom. The zero-order valence-corrected chi connectivity index (χ0v) is 27.3. The first-order valence-electron chi connectivity index (χ1n) is 15.0. The lowest BCUT2D eigenvalue weighted by Crippen LogP contribution is -2.76. The van der Waals surface area contributed by atoms with Crippen LogP contribution in [0.4, 0.5) is 4.39 Å². The molecule has 9 nitrogen and oxygen atoms in total. The van der Waals surface area contributed by atoms with Crippen LogP contribution in [0.2, 0.25) is 5.21 Å².